The van der Waals surface area contributed by atoms with E-state index >= 15 is 0 Å². The van der Waals surface area contributed by atoms with Crippen LogP contribution in [0.2, 0.25) is 0 Å². The molecule has 0 unspecified atom stereocenters. The first-order valence-corrected chi connectivity index (χ1v) is 9.31. The fraction of sp³-hybridized carbons (Fsp3) is 0.238. The number of aromatic amines is 1. The molecule has 7 nitrogen and oxygen atoms in total. The number of nitrogens with one attached hydrogen (secondary N) is 1. The van der Waals surface area contributed by atoms with Gasteiger partial charge < -0.3 is 9.51 Å². The van der Waals surface area contributed by atoms with Gasteiger partial charge >= 0.3 is 0 Å². The van der Waals surface area contributed by atoms with E-state index in [1.54, 1.807) is 0 Å². The van der Waals surface area contributed by atoms with Crippen LogP contribution in [0.1, 0.15) is 25.1 Å². The largest absolute Gasteiger partial charge is 0.332 e. The lowest BCUT2D eigenvalue weighted by Crippen LogP contribution is -2.13. The zero-order valence-corrected chi connectivity index (χ0v) is 16.1. The van der Waals surface area contributed by atoms with Crippen LogP contribution in [0.3, 0.4) is 0 Å². The molecule has 1 N–H and O–H groups in total. The SMILES string of the molecule is CCc1cc(-c2noc(-c3cc(-c4ccccc4)n(CC)n3)n2)c(C)[nH]c1=O. The van der Waals surface area contributed by atoms with Crippen molar-refractivity contribution in [1.82, 2.24) is 24.9 Å². The smallest absolute Gasteiger partial charge is 0.278 e. The van der Waals surface area contributed by atoms with Gasteiger partial charge in [0.05, 0.1) is 5.69 Å². The average Bonchev–Trinajstić information content (AvgIpc) is 3.36. The van der Waals surface area contributed by atoms with Gasteiger partial charge in [0.1, 0.15) is 0 Å². The van der Waals surface area contributed by atoms with Crippen molar-refractivity contribution in [3.8, 4) is 34.2 Å². The predicted molar refractivity (Wildman–Crippen MR) is 107 cm³/mol. The van der Waals surface area contributed by atoms with Crippen LogP contribution in [-0.2, 0) is 13.0 Å². The first kappa shape index (κ1) is 17.9. The van der Waals surface area contributed by atoms with Crippen molar-refractivity contribution in [3.05, 3.63) is 64.1 Å². The summed E-state index contributed by atoms with van der Waals surface area (Å²) in [7, 11) is 0. The molecule has 4 rings (SSSR count). The molecule has 7 heteroatoms. The molecule has 0 aliphatic heterocycles. The minimum absolute atomic E-state index is 0.0818. The summed E-state index contributed by atoms with van der Waals surface area (Å²) in [5, 5.41) is 8.72. The Labute approximate surface area is 162 Å². The number of benzene rings is 1. The summed E-state index contributed by atoms with van der Waals surface area (Å²) in [5.74, 6) is 0.786. The van der Waals surface area contributed by atoms with E-state index in [0.29, 0.717) is 35.1 Å². The molecule has 0 aliphatic rings. The van der Waals surface area contributed by atoms with E-state index in [2.05, 4.69) is 20.2 Å². The average molecular weight is 375 g/mol. The van der Waals surface area contributed by atoms with Gasteiger partial charge in [0, 0.05) is 23.4 Å². The van der Waals surface area contributed by atoms with Gasteiger partial charge in [0.15, 0.2) is 5.69 Å². The third-order valence-electron chi connectivity index (χ3n) is 4.73. The van der Waals surface area contributed by atoms with Gasteiger partial charge in [-0.3, -0.25) is 9.48 Å². The maximum atomic E-state index is 12.0. The molecule has 0 atom stereocenters. The van der Waals surface area contributed by atoms with Crippen LogP contribution < -0.4 is 5.56 Å². The summed E-state index contributed by atoms with van der Waals surface area (Å²) in [6, 6.07) is 13.8. The number of hydrogen-bond donors (Lipinski definition) is 1. The molecular weight excluding hydrogens is 354 g/mol. The number of aromatic nitrogens is 5. The summed E-state index contributed by atoms with van der Waals surface area (Å²) in [6.45, 7) is 6.53. The molecule has 0 radical (unpaired) electrons. The normalized spacial score (nSPS) is 11.1. The number of hydrogen-bond acceptors (Lipinski definition) is 5. The van der Waals surface area contributed by atoms with Gasteiger partial charge in [0.25, 0.3) is 11.4 Å². The minimum Gasteiger partial charge on any atom is -0.332 e. The molecule has 0 spiro atoms. The number of H-pyrrole nitrogens is 1. The fourth-order valence-corrected chi connectivity index (χ4v) is 3.20. The maximum absolute atomic E-state index is 12.0. The van der Waals surface area contributed by atoms with E-state index in [1.165, 1.54) is 0 Å². The molecule has 3 heterocycles. The quantitative estimate of drug-likeness (QED) is 0.572. The van der Waals surface area contributed by atoms with Crippen LogP contribution in [-0.4, -0.2) is 24.9 Å². The van der Waals surface area contributed by atoms with E-state index in [9.17, 15) is 4.79 Å². The summed E-state index contributed by atoms with van der Waals surface area (Å²) in [6.07, 6.45) is 0.634. The van der Waals surface area contributed by atoms with Gasteiger partial charge in [-0.1, -0.05) is 42.4 Å². The molecule has 1 aromatic carbocycles. The monoisotopic (exact) mass is 375 g/mol. The Morgan fingerprint density at radius 3 is 2.64 bits per heavy atom. The highest BCUT2D eigenvalue weighted by molar-refractivity contribution is 5.66. The molecule has 0 fully saturated rings. The molecule has 0 aliphatic carbocycles. The topological polar surface area (TPSA) is 89.6 Å². The zero-order chi connectivity index (χ0) is 19.7. The second kappa shape index (κ2) is 7.26. The molecule has 3 aromatic heterocycles. The van der Waals surface area contributed by atoms with E-state index in [-0.39, 0.29) is 5.56 Å². The molecule has 0 saturated carbocycles. The second-order valence-corrected chi connectivity index (χ2v) is 6.54. The second-order valence-electron chi connectivity index (χ2n) is 6.54. The van der Waals surface area contributed by atoms with Crippen molar-refractivity contribution in [1.29, 1.82) is 0 Å². The van der Waals surface area contributed by atoms with Gasteiger partial charge in [-0.25, -0.2) is 0 Å². The molecule has 4 aromatic rings. The highest BCUT2D eigenvalue weighted by Gasteiger charge is 2.18. The van der Waals surface area contributed by atoms with E-state index in [0.717, 1.165) is 23.4 Å². The van der Waals surface area contributed by atoms with Gasteiger partial charge in [-0.2, -0.15) is 10.1 Å². The van der Waals surface area contributed by atoms with Gasteiger partial charge in [-0.05, 0) is 38.0 Å². The molecule has 0 amide bonds. The Kier molecular flexibility index (Phi) is 4.65. The van der Waals surface area contributed by atoms with Gasteiger partial charge in [0.2, 0.25) is 5.82 Å². The fourth-order valence-electron chi connectivity index (χ4n) is 3.20. The summed E-state index contributed by atoms with van der Waals surface area (Å²) < 4.78 is 7.40. The van der Waals surface area contributed by atoms with E-state index < -0.39 is 0 Å². The number of nitrogens with zero attached hydrogens (tertiary/aromatic N) is 4. The van der Waals surface area contributed by atoms with E-state index in [4.69, 9.17) is 4.52 Å². The highest BCUT2D eigenvalue weighted by Crippen LogP contribution is 2.27. The Morgan fingerprint density at radius 1 is 1.14 bits per heavy atom. The summed E-state index contributed by atoms with van der Waals surface area (Å²) in [4.78, 5) is 19.3. The first-order valence-electron chi connectivity index (χ1n) is 9.31. The highest BCUT2D eigenvalue weighted by atomic mass is 16.5. The van der Waals surface area contributed by atoms with Crippen LogP contribution in [0, 0.1) is 6.92 Å². The molecular formula is C21H21N5O2. The van der Waals surface area contributed by atoms with Crippen LogP contribution in [0.25, 0.3) is 34.2 Å². The zero-order valence-electron chi connectivity index (χ0n) is 16.1. The lowest BCUT2D eigenvalue weighted by molar-refractivity contribution is 0.430. The number of pyridine rings is 1. The molecule has 0 bridgehead atoms. The summed E-state index contributed by atoms with van der Waals surface area (Å²) in [5.41, 5.74) is 4.76. The minimum atomic E-state index is -0.0818. The van der Waals surface area contributed by atoms with Crippen LogP contribution >= 0.6 is 0 Å². The van der Waals surface area contributed by atoms with Crippen molar-refractivity contribution in [2.45, 2.75) is 33.7 Å². The van der Waals surface area contributed by atoms with Crippen molar-refractivity contribution >= 4 is 0 Å². The maximum Gasteiger partial charge on any atom is 0.278 e. The third-order valence-corrected chi connectivity index (χ3v) is 4.73. The number of aryl methyl sites for hydroxylation is 3. The van der Waals surface area contributed by atoms with Crippen LogP contribution in [0.5, 0.6) is 0 Å². The van der Waals surface area contributed by atoms with Crippen molar-refractivity contribution in [2.75, 3.05) is 0 Å². The summed E-state index contributed by atoms with van der Waals surface area (Å²) >= 11 is 0. The van der Waals surface area contributed by atoms with Gasteiger partial charge in [-0.15, -0.1) is 0 Å². The van der Waals surface area contributed by atoms with Crippen molar-refractivity contribution in [3.63, 3.8) is 0 Å². The first-order chi connectivity index (χ1) is 13.6. The Morgan fingerprint density at radius 2 is 1.93 bits per heavy atom. The van der Waals surface area contributed by atoms with E-state index in [1.807, 2.05) is 67.9 Å². The Balaban J connectivity index is 1.75. The third kappa shape index (κ3) is 3.15. The molecule has 142 valence electrons. The number of rotatable bonds is 5. The standard InChI is InChI=1S/C21H21N5O2/c1-4-14-11-16(13(3)22-20(14)27)19-23-21(28-25-19)17-12-18(26(5-2)24-17)15-9-7-6-8-10-15/h6-12H,4-5H2,1-3H3,(H,22,27). The Hall–Kier alpha value is -3.48. The van der Waals surface area contributed by atoms with Crippen LogP contribution in [0.4, 0.5) is 0 Å². The van der Waals surface area contributed by atoms with Crippen LogP contribution in [0.15, 0.2) is 51.8 Å². The molecule has 0 saturated heterocycles. The van der Waals surface area contributed by atoms with Crippen molar-refractivity contribution < 1.29 is 4.52 Å². The predicted octanol–water partition coefficient (Wildman–Crippen LogP) is 3.85. The Bertz CT molecular complexity index is 1170. The van der Waals surface area contributed by atoms with Crippen molar-refractivity contribution in [2.24, 2.45) is 0 Å². The molecule has 28 heavy (non-hydrogen) atoms. The lowest BCUT2D eigenvalue weighted by Gasteiger charge is -2.03. The lowest BCUT2D eigenvalue weighted by atomic mass is 10.1.